The fraction of sp³-hybridized carbons (Fsp3) is 0.0870. The van der Waals surface area contributed by atoms with Crippen LogP contribution in [0.3, 0.4) is 0 Å². The Labute approximate surface area is 562 Å². The zero-order chi connectivity index (χ0) is 64.2. The minimum Gasteiger partial charge on any atom is -0.341 e. The fourth-order valence-corrected chi connectivity index (χ4v) is 16.7. The number of rotatable bonds is 13. The van der Waals surface area contributed by atoms with Gasteiger partial charge in [0, 0.05) is 118 Å². The lowest BCUT2D eigenvalue weighted by Crippen LogP contribution is -2.10. The van der Waals surface area contributed by atoms with Crippen LogP contribution in [0.2, 0.25) is 0 Å². The van der Waals surface area contributed by atoms with Gasteiger partial charge in [-0.1, -0.05) is 206 Å². The standard InChI is InChI=1S/C92H69N5/c1-3-93-81-31-12-7-24-71(81)76-55-60(44-47-84(76)93)38-41-63-52-64(42-39-61-45-48-85-77(56-61)72-25-8-13-32-82(72)94(85)4-2)54-65(53-63)43-40-62-46-49-86-78(57-62)73-26-9-14-33-83(73)95(86)51-50-67-21-17-30-70-68(67)29-19-37-90(70)97-89-35-16-11-28-75(89)80-58-91-79(59-92(80)97)74-27-10-15-34-88(74)96(91)87-36-18-22-66-20-5-6-23-69(66)87/h5-20,22-49,52-59,67H,3-4,21,50-51H2,1-2H3/b41-38+,42-39+,43-40+/t67-/m1/s1. The van der Waals surface area contributed by atoms with Gasteiger partial charge in [-0.05, 0) is 186 Å². The highest BCUT2D eigenvalue weighted by Gasteiger charge is 2.25. The Kier molecular flexibility index (Phi) is 13.4. The topological polar surface area (TPSA) is 24.6 Å². The number of fused-ring (bicyclic) bond motifs is 17. The molecule has 0 radical (unpaired) electrons. The molecule has 0 fully saturated rings. The van der Waals surface area contributed by atoms with E-state index in [2.05, 4.69) is 352 Å². The highest BCUT2D eigenvalue weighted by atomic mass is 15.0. The molecule has 1 aliphatic rings. The van der Waals surface area contributed by atoms with Gasteiger partial charge in [0.05, 0.1) is 33.4 Å². The number of para-hydroxylation sites is 5. The van der Waals surface area contributed by atoms with Gasteiger partial charge in [-0.2, -0.15) is 0 Å². The smallest absolute Gasteiger partial charge is 0.0549 e. The first-order chi connectivity index (χ1) is 48.0. The third-order valence-corrected chi connectivity index (χ3v) is 21.1. The molecule has 462 valence electrons. The molecule has 0 saturated carbocycles. The first kappa shape index (κ1) is 56.6. The molecule has 0 amide bonds. The number of hydrogen-bond acceptors (Lipinski definition) is 0. The fourth-order valence-electron chi connectivity index (χ4n) is 16.7. The van der Waals surface area contributed by atoms with Crippen molar-refractivity contribution in [1.29, 1.82) is 0 Å². The van der Waals surface area contributed by atoms with E-state index in [4.69, 9.17) is 0 Å². The third-order valence-electron chi connectivity index (χ3n) is 21.1. The largest absolute Gasteiger partial charge is 0.341 e. The zero-order valence-corrected chi connectivity index (χ0v) is 54.4. The normalized spacial score (nSPS) is 13.7. The second-order valence-corrected chi connectivity index (χ2v) is 26.4. The van der Waals surface area contributed by atoms with E-state index in [0.29, 0.717) is 5.92 Å². The van der Waals surface area contributed by atoms with E-state index < -0.39 is 0 Å². The van der Waals surface area contributed by atoms with Crippen molar-refractivity contribution in [3.8, 4) is 11.4 Å². The molecule has 19 rings (SSSR count). The van der Waals surface area contributed by atoms with Crippen LogP contribution in [0.5, 0.6) is 0 Å². The predicted molar refractivity (Wildman–Crippen MR) is 417 cm³/mol. The number of hydrogen-bond donors (Lipinski definition) is 0. The lowest BCUT2D eigenvalue weighted by atomic mass is 9.84. The highest BCUT2D eigenvalue weighted by Crippen LogP contribution is 2.44. The quantitative estimate of drug-likeness (QED) is 0.103. The van der Waals surface area contributed by atoms with Gasteiger partial charge in [0.15, 0.2) is 0 Å². The Hall–Kier alpha value is -11.9. The first-order valence-electron chi connectivity index (χ1n) is 34.5. The van der Waals surface area contributed by atoms with Crippen LogP contribution in [-0.2, 0) is 19.6 Å². The molecule has 0 spiro atoms. The van der Waals surface area contributed by atoms with Crippen LogP contribution in [0, 0.1) is 0 Å². The number of aromatic nitrogens is 5. The molecule has 5 aromatic heterocycles. The molecule has 13 aromatic carbocycles. The van der Waals surface area contributed by atoms with Crippen molar-refractivity contribution in [3.63, 3.8) is 0 Å². The maximum Gasteiger partial charge on any atom is 0.0549 e. The summed E-state index contributed by atoms with van der Waals surface area (Å²) in [5, 5.41) is 15.2. The van der Waals surface area contributed by atoms with Gasteiger partial charge in [0.1, 0.15) is 0 Å². The molecular weight excluding hydrogens is 1180 g/mol. The predicted octanol–water partition coefficient (Wildman–Crippen LogP) is 24.5. The second-order valence-electron chi connectivity index (χ2n) is 26.4. The molecule has 0 saturated heterocycles. The molecule has 0 aliphatic heterocycles. The van der Waals surface area contributed by atoms with E-state index in [1.54, 1.807) is 0 Å². The van der Waals surface area contributed by atoms with Gasteiger partial charge in [-0.25, -0.2) is 0 Å². The van der Waals surface area contributed by atoms with Crippen LogP contribution in [-0.4, -0.2) is 22.8 Å². The number of benzene rings is 13. The minimum atomic E-state index is 0.345. The summed E-state index contributed by atoms with van der Waals surface area (Å²) in [6.45, 7) is 7.22. The maximum atomic E-state index is 2.58. The van der Waals surface area contributed by atoms with E-state index in [1.807, 2.05) is 0 Å². The molecule has 18 aromatic rings. The molecule has 0 unspecified atom stereocenters. The average molecular weight is 1240 g/mol. The molecule has 1 atom stereocenters. The summed E-state index contributed by atoms with van der Waals surface area (Å²) in [4.78, 5) is 0. The molecule has 0 N–H and O–H groups in total. The van der Waals surface area contributed by atoms with Gasteiger partial charge >= 0.3 is 0 Å². The van der Waals surface area contributed by atoms with Crippen LogP contribution in [0.1, 0.15) is 77.1 Å². The maximum absolute atomic E-state index is 2.58. The van der Waals surface area contributed by atoms with Crippen molar-refractivity contribution in [2.24, 2.45) is 0 Å². The summed E-state index contributed by atoms with van der Waals surface area (Å²) in [6.07, 6.45) is 20.5. The molecule has 1 aliphatic carbocycles. The number of nitrogens with zero attached hydrogens (tertiary/aromatic N) is 5. The van der Waals surface area contributed by atoms with Crippen molar-refractivity contribution in [3.05, 3.63) is 318 Å². The van der Waals surface area contributed by atoms with Crippen LogP contribution in [0.15, 0.2) is 273 Å². The van der Waals surface area contributed by atoms with Crippen molar-refractivity contribution in [2.45, 2.75) is 52.2 Å². The van der Waals surface area contributed by atoms with E-state index in [9.17, 15) is 0 Å². The van der Waals surface area contributed by atoms with Crippen LogP contribution < -0.4 is 0 Å². The Morgan fingerprint density at radius 2 is 0.670 bits per heavy atom. The summed E-state index contributed by atoms with van der Waals surface area (Å²) < 4.78 is 12.5. The highest BCUT2D eigenvalue weighted by molar-refractivity contribution is 6.20. The van der Waals surface area contributed by atoms with Gasteiger partial charge in [-0.3, -0.25) is 0 Å². The molecule has 0 bridgehead atoms. The molecule has 5 heterocycles. The molecule has 5 heteroatoms. The van der Waals surface area contributed by atoms with Gasteiger partial charge in [0.25, 0.3) is 0 Å². The van der Waals surface area contributed by atoms with E-state index in [1.165, 1.54) is 159 Å². The lowest BCUT2D eigenvalue weighted by Gasteiger charge is -2.25. The van der Waals surface area contributed by atoms with Crippen LogP contribution in [0.4, 0.5) is 0 Å². The van der Waals surface area contributed by atoms with Crippen molar-refractivity contribution in [2.75, 3.05) is 0 Å². The summed E-state index contributed by atoms with van der Waals surface area (Å²) >= 11 is 0. The zero-order valence-electron chi connectivity index (χ0n) is 54.4. The van der Waals surface area contributed by atoms with Crippen molar-refractivity contribution >= 4 is 162 Å². The Morgan fingerprint density at radius 1 is 0.299 bits per heavy atom. The van der Waals surface area contributed by atoms with Crippen molar-refractivity contribution < 1.29 is 0 Å². The van der Waals surface area contributed by atoms with Crippen molar-refractivity contribution in [1.82, 2.24) is 22.8 Å². The van der Waals surface area contributed by atoms with Gasteiger partial charge < -0.3 is 22.8 Å². The van der Waals surface area contributed by atoms with Gasteiger partial charge in [-0.15, -0.1) is 0 Å². The summed E-state index contributed by atoms with van der Waals surface area (Å²) in [5.41, 5.74) is 24.7. The SMILES string of the molecule is CCn1c2ccccc2c2cc(/C=C/c3cc(/C=C/c4ccc5c(c4)c4ccccc4n5CC)cc(/C=C/c4ccc5c(c4)c4ccccc4n5CC[C@H]4CC=Cc5c4cccc5-n4c5ccccc5c5cc6c(cc54)c4ccccc4n6-c4cccc5ccccc45)c3)ccc21. The Balaban J connectivity index is 0.648. The van der Waals surface area contributed by atoms with Gasteiger partial charge in [0.2, 0.25) is 0 Å². The molecule has 97 heavy (non-hydrogen) atoms. The molecule has 5 nitrogen and oxygen atoms in total. The number of aryl methyl sites for hydroxylation is 3. The first-order valence-corrected chi connectivity index (χ1v) is 34.5. The van der Waals surface area contributed by atoms with E-state index >= 15 is 0 Å². The van der Waals surface area contributed by atoms with Crippen LogP contribution in [0.25, 0.3) is 174 Å². The molecular formula is C92H69N5. The lowest BCUT2D eigenvalue weighted by molar-refractivity contribution is 0.565. The average Bonchev–Trinajstić information content (AvgIpc) is 1.56. The van der Waals surface area contributed by atoms with Crippen LogP contribution >= 0.6 is 0 Å². The summed E-state index contributed by atoms with van der Waals surface area (Å²) in [5.74, 6) is 0.345. The third kappa shape index (κ3) is 9.28. The summed E-state index contributed by atoms with van der Waals surface area (Å²) in [6, 6.07) is 99.7. The minimum absolute atomic E-state index is 0.345. The monoisotopic (exact) mass is 1240 g/mol. The Morgan fingerprint density at radius 3 is 1.18 bits per heavy atom. The second kappa shape index (κ2) is 22.9. The van der Waals surface area contributed by atoms with E-state index in [-0.39, 0.29) is 0 Å². The Bertz CT molecular complexity index is 6240. The summed E-state index contributed by atoms with van der Waals surface area (Å²) in [7, 11) is 0. The number of allylic oxidation sites excluding steroid dienone is 1. The van der Waals surface area contributed by atoms with E-state index in [0.717, 1.165) is 49.2 Å².